The highest BCUT2D eigenvalue weighted by Gasteiger charge is 1.97. The second-order valence-corrected chi connectivity index (χ2v) is 2.68. The smallest absolute Gasteiger partial charge is 0.151 e. The van der Waals surface area contributed by atoms with E-state index in [0.29, 0.717) is 13.0 Å². The van der Waals surface area contributed by atoms with E-state index in [9.17, 15) is 0 Å². The largest absolute Gasteiger partial charge is 0.493 e. The van der Waals surface area contributed by atoms with E-state index in [0.717, 1.165) is 11.6 Å². The van der Waals surface area contributed by atoms with Crippen LogP contribution in [0.4, 0.5) is 0 Å². The summed E-state index contributed by atoms with van der Waals surface area (Å²) in [5.74, 6) is 1.56. The maximum absolute atomic E-state index is 5.44. The number of hydrogen-bond acceptors (Lipinski definition) is 4. The van der Waals surface area contributed by atoms with Crippen LogP contribution in [0.3, 0.4) is 0 Å². The van der Waals surface area contributed by atoms with E-state index in [1.807, 2.05) is 24.3 Å². The number of hydrogen-bond donors (Lipinski definition) is 1. The van der Waals surface area contributed by atoms with Gasteiger partial charge in [0.1, 0.15) is 5.75 Å². The molecule has 0 atom stereocenters. The Bertz CT molecular complexity index is 360. The van der Waals surface area contributed by atoms with E-state index >= 15 is 0 Å². The monoisotopic (exact) mass is 189 g/mol. The Morgan fingerprint density at radius 1 is 1.36 bits per heavy atom. The van der Waals surface area contributed by atoms with Crippen molar-refractivity contribution in [1.29, 1.82) is 0 Å². The molecule has 0 bridgehead atoms. The second kappa shape index (κ2) is 4.36. The number of H-pyrrole nitrogens is 1. The van der Waals surface area contributed by atoms with Gasteiger partial charge in [-0.25, -0.2) is 5.10 Å². The topological polar surface area (TPSA) is 63.7 Å². The molecule has 2 aromatic rings. The van der Waals surface area contributed by atoms with Gasteiger partial charge < -0.3 is 4.74 Å². The van der Waals surface area contributed by atoms with Crippen LogP contribution in [0.15, 0.2) is 24.3 Å². The average molecular weight is 189 g/mol. The van der Waals surface area contributed by atoms with E-state index < -0.39 is 0 Å². The number of aromatic amines is 1. The normalized spacial score (nSPS) is 10.0. The lowest BCUT2D eigenvalue weighted by Crippen LogP contribution is -2.02. The number of aromatic nitrogens is 4. The Morgan fingerprint density at radius 2 is 2.21 bits per heavy atom. The van der Waals surface area contributed by atoms with E-state index in [4.69, 9.17) is 4.74 Å². The molecule has 0 saturated heterocycles. The molecule has 1 aromatic heterocycles. The van der Waals surface area contributed by atoms with Gasteiger partial charge >= 0.3 is 0 Å². The predicted octanol–water partition coefficient (Wildman–Crippen LogP) is 0.621. The van der Waals surface area contributed by atoms with Gasteiger partial charge in [-0.1, -0.05) is 12.1 Å². The number of rotatable bonds is 4. The average Bonchev–Trinajstić information content (AvgIpc) is 2.72. The lowest BCUT2D eigenvalue weighted by molar-refractivity contribution is 0.319. The summed E-state index contributed by atoms with van der Waals surface area (Å²) in [6.07, 6.45) is 0.672. The summed E-state index contributed by atoms with van der Waals surface area (Å²) >= 11 is 0. The van der Waals surface area contributed by atoms with Crippen LogP contribution < -0.4 is 4.74 Å². The highest BCUT2D eigenvalue weighted by Crippen LogP contribution is 2.07. The van der Waals surface area contributed by atoms with Crippen molar-refractivity contribution in [2.24, 2.45) is 0 Å². The number of tetrazole rings is 1. The SMILES string of the molecule is [c]1ccc(OCCc2nnn[nH]2)cc1. The highest BCUT2D eigenvalue weighted by molar-refractivity contribution is 5.20. The van der Waals surface area contributed by atoms with Crippen molar-refractivity contribution in [3.05, 3.63) is 36.2 Å². The molecule has 5 nitrogen and oxygen atoms in total. The summed E-state index contributed by atoms with van der Waals surface area (Å²) in [5.41, 5.74) is 0. The van der Waals surface area contributed by atoms with E-state index in [1.54, 1.807) is 0 Å². The minimum atomic E-state index is 0.556. The Kier molecular flexibility index (Phi) is 2.70. The first-order valence-corrected chi connectivity index (χ1v) is 4.26. The van der Waals surface area contributed by atoms with Crippen molar-refractivity contribution in [2.75, 3.05) is 6.61 Å². The van der Waals surface area contributed by atoms with Crippen molar-refractivity contribution < 1.29 is 4.74 Å². The van der Waals surface area contributed by atoms with Crippen LogP contribution in [0.2, 0.25) is 0 Å². The van der Waals surface area contributed by atoms with Gasteiger partial charge in [0, 0.05) is 6.42 Å². The summed E-state index contributed by atoms with van der Waals surface area (Å²) in [5, 5.41) is 13.3. The lowest BCUT2D eigenvalue weighted by atomic mass is 10.3. The van der Waals surface area contributed by atoms with Gasteiger partial charge in [0.25, 0.3) is 0 Å². The van der Waals surface area contributed by atoms with E-state index in [-0.39, 0.29) is 0 Å². The molecule has 2 rings (SSSR count). The fraction of sp³-hybridized carbons (Fsp3) is 0.222. The van der Waals surface area contributed by atoms with Gasteiger partial charge in [-0.3, -0.25) is 0 Å². The summed E-state index contributed by atoms with van der Waals surface area (Å²) in [7, 11) is 0. The maximum atomic E-state index is 5.44. The van der Waals surface area contributed by atoms with Gasteiger partial charge in [-0.2, -0.15) is 0 Å². The zero-order chi connectivity index (χ0) is 9.64. The Labute approximate surface area is 81.1 Å². The highest BCUT2D eigenvalue weighted by atomic mass is 16.5. The molecular weight excluding hydrogens is 180 g/mol. The zero-order valence-electron chi connectivity index (χ0n) is 7.47. The molecule has 0 saturated carbocycles. The predicted molar refractivity (Wildman–Crippen MR) is 48.7 cm³/mol. The third-order valence-corrected chi connectivity index (χ3v) is 1.68. The summed E-state index contributed by atoms with van der Waals surface area (Å²) < 4.78 is 5.44. The zero-order valence-corrected chi connectivity index (χ0v) is 7.47. The Hall–Kier alpha value is -1.91. The minimum absolute atomic E-state index is 0.556. The molecule has 0 aliphatic rings. The van der Waals surface area contributed by atoms with Crippen molar-refractivity contribution in [3.8, 4) is 5.75 Å². The molecule has 0 unspecified atom stereocenters. The molecule has 0 amide bonds. The first-order chi connectivity index (χ1) is 6.95. The standard InChI is InChI=1S/C9H9N4O/c1-2-4-8(5-3-1)14-7-6-9-10-12-13-11-9/h2-5H,6-7H2,(H,10,11,12,13). The van der Waals surface area contributed by atoms with Crippen LogP contribution in [0.1, 0.15) is 5.82 Å². The van der Waals surface area contributed by atoms with Crippen molar-refractivity contribution in [2.45, 2.75) is 6.42 Å². The number of nitrogens with one attached hydrogen (secondary N) is 1. The molecule has 5 heteroatoms. The van der Waals surface area contributed by atoms with Crippen molar-refractivity contribution in [3.63, 3.8) is 0 Å². The molecule has 1 N–H and O–H groups in total. The van der Waals surface area contributed by atoms with Gasteiger partial charge in [0.15, 0.2) is 5.82 Å². The summed E-state index contributed by atoms with van der Waals surface area (Å²) in [6.45, 7) is 0.556. The molecule has 0 fully saturated rings. The summed E-state index contributed by atoms with van der Waals surface area (Å²) in [4.78, 5) is 0. The van der Waals surface area contributed by atoms with Crippen molar-refractivity contribution in [1.82, 2.24) is 20.6 Å². The van der Waals surface area contributed by atoms with Crippen molar-refractivity contribution >= 4 is 0 Å². The van der Waals surface area contributed by atoms with Crippen LogP contribution in [0.25, 0.3) is 0 Å². The molecule has 14 heavy (non-hydrogen) atoms. The molecule has 0 aliphatic heterocycles. The van der Waals surface area contributed by atoms with Crippen LogP contribution >= 0.6 is 0 Å². The maximum Gasteiger partial charge on any atom is 0.151 e. The Morgan fingerprint density at radius 3 is 2.93 bits per heavy atom. The first-order valence-electron chi connectivity index (χ1n) is 4.26. The molecule has 1 aromatic carbocycles. The summed E-state index contributed by atoms with van der Waals surface area (Å²) in [6, 6.07) is 10.3. The molecule has 0 aliphatic carbocycles. The third kappa shape index (κ3) is 2.29. The number of benzene rings is 1. The van der Waals surface area contributed by atoms with Crippen LogP contribution in [-0.2, 0) is 6.42 Å². The third-order valence-electron chi connectivity index (χ3n) is 1.68. The van der Waals surface area contributed by atoms with Crippen LogP contribution in [-0.4, -0.2) is 27.2 Å². The van der Waals surface area contributed by atoms with Gasteiger partial charge in [0.05, 0.1) is 6.61 Å². The minimum Gasteiger partial charge on any atom is -0.493 e. The Balaban J connectivity index is 1.79. The molecule has 1 heterocycles. The number of ether oxygens (including phenoxy) is 1. The van der Waals surface area contributed by atoms with E-state index in [2.05, 4.69) is 26.7 Å². The van der Waals surface area contributed by atoms with E-state index in [1.165, 1.54) is 0 Å². The molecule has 71 valence electrons. The second-order valence-electron chi connectivity index (χ2n) is 2.68. The van der Waals surface area contributed by atoms with Gasteiger partial charge in [-0.15, -0.1) is 5.10 Å². The first kappa shape index (κ1) is 8.68. The lowest BCUT2D eigenvalue weighted by Gasteiger charge is -2.02. The van der Waals surface area contributed by atoms with Gasteiger partial charge in [-0.05, 0) is 28.6 Å². The molecular formula is C9H9N4O. The fourth-order valence-corrected chi connectivity index (χ4v) is 1.02. The van der Waals surface area contributed by atoms with Crippen LogP contribution in [0, 0.1) is 6.07 Å². The molecule has 0 spiro atoms. The fourth-order valence-electron chi connectivity index (χ4n) is 1.02. The molecule has 1 radical (unpaired) electrons. The number of nitrogens with zero attached hydrogens (tertiary/aromatic N) is 3. The quantitative estimate of drug-likeness (QED) is 0.765. The van der Waals surface area contributed by atoms with Gasteiger partial charge in [0.2, 0.25) is 0 Å². The van der Waals surface area contributed by atoms with Crippen LogP contribution in [0.5, 0.6) is 5.75 Å².